The molecule has 0 aliphatic heterocycles. The molecule has 0 amide bonds. The number of benzene rings is 1. The van der Waals surface area contributed by atoms with Crippen molar-refractivity contribution in [2.24, 2.45) is 0 Å². The quantitative estimate of drug-likeness (QED) is 0.753. The molecule has 0 N–H and O–H groups in total. The average Bonchev–Trinajstić information content (AvgIpc) is 2.30. The van der Waals surface area contributed by atoms with Gasteiger partial charge in [0.1, 0.15) is 0 Å². The van der Waals surface area contributed by atoms with Gasteiger partial charge in [-0.15, -0.1) is 0 Å². The minimum Gasteiger partial charge on any atom is -0.301 e. The summed E-state index contributed by atoms with van der Waals surface area (Å²) >= 11 is 0. The van der Waals surface area contributed by atoms with Gasteiger partial charge < -0.3 is 4.90 Å². The molecule has 1 aromatic carbocycles. The van der Waals surface area contributed by atoms with Crippen molar-refractivity contribution in [3.8, 4) is 6.07 Å². The molecule has 0 saturated carbocycles. The van der Waals surface area contributed by atoms with Crippen molar-refractivity contribution in [1.82, 2.24) is 4.90 Å². The standard InChI is InChI=1S/C11H14N2.C2H6/c1-13(9-5-8-12)10-11-6-3-2-4-7-11;1-2/h2-4,6-7H,5,9-10H2,1H3;1-2H3. The second-order valence-corrected chi connectivity index (χ2v) is 3.13. The molecule has 15 heavy (non-hydrogen) atoms. The van der Waals surface area contributed by atoms with Gasteiger partial charge in [-0.25, -0.2) is 0 Å². The van der Waals surface area contributed by atoms with Crippen LogP contribution in [-0.4, -0.2) is 18.5 Å². The monoisotopic (exact) mass is 204 g/mol. The van der Waals surface area contributed by atoms with Gasteiger partial charge in [0.15, 0.2) is 0 Å². The molecule has 0 atom stereocenters. The van der Waals surface area contributed by atoms with Crippen LogP contribution in [0.4, 0.5) is 0 Å². The third-order valence-corrected chi connectivity index (χ3v) is 1.90. The Balaban J connectivity index is 0.000000921. The maximum atomic E-state index is 8.40. The lowest BCUT2D eigenvalue weighted by molar-refractivity contribution is 0.335. The zero-order chi connectivity index (χ0) is 11.5. The molecule has 82 valence electrons. The summed E-state index contributed by atoms with van der Waals surface area (Å²) in [5.41, 5.74) is 1.29. The zero-order valence-corrected chi connectivity index (χ0v) is 9.90. The first-order valence-electron chi connectivity index (χ1n) is 5.42. The van der Waals surface area contributed by atoms with Gasteiger partial charge in [-0.1, -0.05) is 44.2 Å². The van der Waals surface area contributed by atoms with Gasteiger partial charge in [-0.2, -0.15) is 5.26 Å². The Hall–Kier alpha value is -1.33. The van der Waals surface area contributed by atoms with E-state index in [9.17, 15) is 0 Å². The minimum atomic E-state index is 0.601. The zero-order valence-electron chi connectivity index (χ0n) is 9.90. The van der Waals surface area contributed by atoms with E-state index in [2.05, 4.69) is 23.1 Å². The van der Waals surface area contributed by atoms with E-state index < -0.39 is 0 Å². The second kappa shape index (κ2) is 9.23. The molecule has 1 rings (SSSR count). The fourth-order valence-corrected chi connectivity index (χ4v) is 1.22. The average molecular weight is 204 g/mol. The molecule has 0 saturated heterocycles. The van der Waals surface area contributed by atoms with E-state index in [1.54, 1.807) is 0 Å². The molecule has 2 heteroatoms. The number of nitrogens with zero attached hydrogens (tertiary/aromatic N) is 2. The maximum absolute atomic E-state index is 8.40. The Labute approximate surface area is 93.1 Å². The largest absolute Gasteiger partial charge is 0.301 e. The molecular weight excluding hydrogens is 184 g/mol. The predicted octanol–water partition coefficient (Wildman–Crippen LogP) is 3.06. The smallest absolute Gasteiger partial charge is 0.0635 e. The van der Waals surface area contributed by atoms with Crippen molar-refractivity contribution in [3.63, 3.8) is 0 Å². The Morgan fingerprint density at radius 3 is 2.33 bits per heavy atom. The van der Waals surface area contributed by atoms with Crippen molar-refractivity contribution in [2.75, 3.05) is 13.6 Å². The summed E-state index contributed by atoms with van der Waals surface area (Å²) in [7, 11) is 2.03. The molecule has 0 unspecified atom stereocenters. The van der Waals surface area contributed by atoms with Crippen LogP contribution >= 0.6 is 0 Å². The summed E-state index contributed by atoms with van der Waals surface area (Å²) in [5, 5.41) is 8.40. The lowest BCUT2D eigenvalue weighted by Gasteiger charge is -2.14. The highest BCUT2D eigenvalue weighted by Gasteiger charge is 1.97. The molecule has 0 aliphatic rings. The van der Waals surface area contributed by atoms with Crippen molar-refractivity contribution in [2.45, 2.75) is 26.8 Å². The van der Waals surface area contributed by atoms with Gasteiger partial charge in [-0.3, -0.25) is 0 Å². The van der Waals surface area contributed by atoms with Crippen molar-refractivity contribution < 1.29 is 0 Å². The van der Waals surface area contributed by atoms with E-state index >= 15 is 0 Å². The Bertz CT molecular complexity index is 274. The lowest BCUT2D eigenvalue weighted by Crippen LogP contribution is -2.18. The van der Waals surface area contributed by atoms with Crippen LogP contribution < -0.4 is 0 Å². The van der Waals surface area contributed by atoms with Gasteiger partial charge in [0.05, 0.1) is 6.07 Å². The van der Waals surface area contributed by atoms with Gasteiger partial charge in [-0.05, 0) is 12.6 Å². The third kappa shape index (κ3) is 6.70. The summed E-state index contributed by atoms with van der Waals surface area (Å²) < 4.78 is 0. The van der Waals surface area contributed by atoms with Gasteiger partial charge in [0, 0.05) is 19.5 Å². The first-order chi connectivity index (χ1) is 7.33. The molecule has 0 radical (unpaired) electrons. The highest BCUT2D eigenvalue weighted by atomic mass is 15.1. The summed E-state index contributed by atoms with van der Waals surface area (Å²) in [4.78, 5) is 2.15. The van der Waals surface area contributed by atoms with Crippen molar-refractivity contribution in [1.29, 1.82) is 5.26 Å². The van der Waals surface area contributed by atoms with Crippen molar-refractivity contribution >= 4 is 0 Å². The number of hydrogen-bond donors (Lipinski definition) is 0. The third-order valence-electron chi connectivity index (χ3n) is 1.90. The maximum Gasteiger partial charge on any atom is 0.0635 e. The topological polar surface area (TPSA) is 27.0 Å². The molecule has 0 bridgehead atoms. The van der Waals surface area contributed by atoms with Gasteiger partial charge in [0.2, 0.25) is 0 Å². The van der Waals surface area contributed by atoms with Crippen LogP contribution in [0.5, 0.6) is 0 Å². The highest BCUT2D eigenvalue weighted by Crippen LogP contribution is 2.02. The minimum absolute atomic E-state index is 0.601. The Morgan fingerprint density at radius 2 is 1.80 bits per heavy atom. The molecule has 0 aliphatic carbocycles. The van der Waals surface area contributed by atoms with Crippen LogP contribution in [0.3, 0.4) is 0 Å². The van der Waals surface area contributed by atoms with E-state index in [4.69, 9.17) is 5.26 Å². The van der Waals surface area contributed by atoms with Crippen molar-refractivity contribution in [3.05, 3.63) is 35.9 Å². The van der Waals surface area contributed by atoms with E-state index in [1.165, 1.54) is 5.56 Å². The first kappa shape index (κ1) is 13.7. The number of rotatable bonds is 4. The molecule has 1 aromatic rings. The molecule has 0 heterocycles. The lowest BCUT2D eigenvalue weighted by atomic mass is 10.2. The predicted molar refractivity (Wildman–Crippen MR) is 64.4 cm³/mol. The fourth-order valence-electron chi connectivity index (χ4n) is 1.22. The molecular formula is C13H20N2. The van der Waals surface area contributed by atoms with E-state index in [-0.39, 0.29) is 0 Å². The summed E-state index contributed by atoms with van der Waals surface area (Å²) in [6, 6.07) is 12.4. The van der Waals surface area contributed by atoms with Crippen LogP contribution in [0.1, 0.15) is 25.8 Å². The fraction of sp³-hybridized carbons (Fsp3) is 0.462. The summed E-state index contributed by atoms with van der Waals surface area (Å²) in [6.07, 6.45) is 0.601. The van der Waals surface area contributed by atoms with Crippen LogP contribution in [0.25, 0.3) is 0 Å². The molecule has 0 aromatic heterocycles. The highest BCUT2D eigenvalue weighted by molar-refractivity contribution is 5.14. The van der Waals surface area contributed by atoms with Crippen LogP contribution in [-0.2, 0) is 6.54 Å². The summed E-state index contributed by atoms with van der Waals surface area (Å²) in [6.45, 7) is 5.76. The van der Waals surface area contributed by atoms with E-state index in [1.807, 2.05) is 39.1 Å². The second-order valence-electron chi connectivity index (χ2n) is 3.13. The van der Waals surface area contributed by atoms with Crippen LogP contribution in [0.2, 0.25) is 0 Å². The molecule has 0 spiro atoms. The Morgan fingerprint density at radius 1 is 1.20 bits per heavy atom. The molecule has 2 nitrogen and oxygen atoms in total. The first-order valence-corrected chi connectivity index (χ1v) is 5.42. The summed E-state index contributed by atoms with van der Waals surface area (Å²) in [5.74, 6) is 0. The normalized spacial score (nSPS) is 9.00. The SMILES string of the molecule is CC.CN(CCC#N)Cc1ccccc1. The van der Waals surface area contributed by atoms with Crippen LogP contribution in [0, 0.1) is 11.3 Å². The van der Waals surface area contributed by atoms with Gasteiger partial charge >= 0.3 is 0 Å². The molecule has 0 fully saturated rings. The number of nitriles is 1. The number of hydrogen-bond acceptors (Lipinski definition) is 2. The van der Waals surface area contributed by atoms with E-state index in [0.29, 0.717) is 6.42 Å². The van der Waals surface area contributed by atoms with Gasteiger partial charge in [0.25, 0.3) is 0 Å². The Kier molecular flexibility index (Phi) is 8.42. The van der Waals surface area contributed by atoms with E-state index in [0.717, 1.165) is 13.1 Å². The van der Waals surface area contributed by atoms with Crippen LogP contribution in [0.15, 0.2) is 30.3 Å².